The highest BCUT2D eigenvalue weighted by Gasteiger charge is 2.20. The minimum atomic E-state index is 0.794. The van der Waals surface area contributed by atoms with E-state index in [0.717, 1.165) is 72.3 Å². The van der Waals surface area contributed by atoms with Crippen molar-refractivity contribution in [1.82, 2.24) is 14.7 Å². The lowest BCUT2D eigenvalue weighted by Crippen LogP contribution is -2.36. The van der Waals surface area contributed by atoms with Gasteiger partial charge >= 0.3 is 0 Å². The molecule has 0 bridgehead atoms. The van der Waals surface area contributed by atoms with E-state index in [9.17, 15) is 0 Å². The van der Waals surface area contributed by atoms with Crippen LogP contribution in [0.5, 0.6) is 0 Å². The van der Waals surface area contributed by atoms with Crippen LogP contribution in [0.3, 0.4) is 0 Å². The van der Waals surface area contributed by atoms with E-state index in [4.69, 9.17) is 4.74 Å². The van der Waals surface area contributed by atoms with Crippen LogP contribution in [0.2, 0.25) is 0 Å². The number of aromatic nitrogens is 2. The average molecular weight is 409 g/mol. The summed E-state index contributed by atoms with van der Waals surface area (Å²) in [6.45, 7) is 4.31. The van der Waals surface area contributed by atoms with E-state index in [1.54, 1.807) is 0 Å². The molecule has 0 radical (unpaired) electrons. The van der Waals surface area contributed by atoms with Crippen molar-refractivity contribution in [3.8, 4) is 0 Å². The van der Waals surface area contributed by atoms with Gasteiger partial charge < -0.3 is 15.0 Å². The van der Waals surface area contributed by atoms with Crippen molar-refractivity contribution in [2.24, 2.45) is 4.99 Å². The van der Waals surface area contributed by atoms with Gasteiger partial charge in [-0.25, -0.2) is 4.98 Å². The number of nitrogens with one attached hydrogen (secondary N) is 1. The number of dihydropyridines is 1. The minimum Gasteiger partial charge on any atom is -0.380 e. The van der Waals surface area contributed by atoms with Crippen LogP contribution in [0.1, 0.15) is 16.8 Å². The van der Waals surface area contributed by atoms with Crippen molar-refractivity contribution in [3.63, 3.8) is 0 Å². The number of rotatable bonds is 4. The molecule has 6 heteroatoms. The van der Waals surface area contributed by atoms with Gasteiger partial charge in [-0.3, -0.25) is 9.39 Å². The third-order valence-corrected chi connectivity index (χ3v) is 6.00. The van der Waals surface area contributed by atoms with Crippen molar-refractivity contribution in [2.75, 3.05) is 37.7 Å². The van der Waals surface area contributed by atoms with Crippen LogP contribution >= 0.6 is 0 Å². The predicted molar refractivity (Wildman–Crippen MR) is 124 cm³/mol. The Kier molecular flexibility index (Phi) is 4.43. The van der Waals surface area contributed by atoms with E-state index in [0.29, 0.717) is 0 Å². The lowest BCUT2D eigenvalue weighted by atomic mass is 9.94. The molecule has 3 aliphatic heterocycles. The third kappa shape index (κ3) is 3.25. The van der Waals surface area contributed by atoms with Crippen LogP contribution < -0.4 is 10.2 Å². The first-order valence-corrected chi connectivity index (χ1v) is 10.7. The highest BCUT2D eigenvalue weighted by atomic mass is 16.5. The predicted octanol–water partition coefficient (Wildman–Crippen LogP) is 3.52. The molecule has 3 aliphatic rings. The first-order chi connectivity index (χ1) is 15.4. The summed E-state index contributed by atoms with van der Waals surface area (Å²) in [5, 5.41) is 3.42. The highest BCUT2D eigenvalue weighted by molar-refractivity contribution is 6.35. The lowest BCUT2D eigenvalue weighted by molar-refractivity contribution is 0.122. The normalized spacial score (nSPS) is 18.2. The molecule has 0 saturated carbocycles. The van der Waals surface area contributed by atoms with Crippen LogP contribution in [-0.4, -0.2) is 47.9 Å². The number of aliphatic imine (C=N–C) groups is 1. The van der Waals surface area contributed by atoms with Gasteiger partial charge in [-0.1, -0.05) is 24.3 Å². The number of hydrogen-bond donors (Lipinski definition) is 1. The summed E-state index contributed by atoms with van der Waals surface area (Å²) < 4.78 is 7.60. The van der Waals surface area contributed by atoms with Gasteiger partial charge in [-0.05, 0) is 30.3 Å². The van der Waals surface area contributed by atoms with Gasteiger partial charge in [-0.2, -0.15) is 0 Å². The number of allylic oxidation sites excluding steroid dienone is 3. The van der Waals surface area contributed by atoms with Gasteiger partial charge in [0.05, 0.1) is 36.5 Å². The van der Waals surface area contributed by atoms with Crippen molar-refractivity contribution in [1.29, 1.82) is 0 Å². The van der Waals surface area contributed by atoms with Crippen LogP contribution in [0.15, 0.2) is 78.2 Å². The lowest BCUT2D eigenvalue weighted by Gasteiger charge is -2.29. The standard InChI is InChI=1S/C25H23N5O/c1-2-10-26-22(3-1)23-16-27-24-9-6-19(17-30(23)24)21-15-28-25(21)18-4-7-20(8-5-18)29-11-13-31-14-12-29/h1-9,15-17,26H,10-14H2. The van der Waals surface area contributed by atoms with Crippen LogP contribution in [0.25, 0.3) is 16.9 Å². The van der Waals surface area contributed by atoms with Crippen LogP contribution in [-0.2, 0) is 4.74 Å². The first kappa shape index (κ1) is 18.2. The Morgan fingerprint density at radius 3 is 2.55 bits per heavy atom. The number of fused-ring (bicyclic) bond motifs is 1. The maximum Gasteiger partial charge on any atom is 0.137 e. The maximum atomic E-state index is 5.46. The molecule has 2 aromatic heterocycles. The fraction of sp³-hybridized carbons (Fsp3) is 0.200. The van der Waals surface area contributed by atoms with E-state index in [1.807, 2.05) is 12.4 Å². The number of imidazole rings is 1. The first-order valence-electron chi connectivity index (χ1n) is 10.7. The van der Waals surface area contributed by atoms with E-state index in [2.05, 4.69) is 85.4 Å². The Morgan fingerprint density at radius 2 is 1.81 bits per heavy atom. The summed E-state index contributed by atoms with van der Waals surface area (Å²) in [5.74, 6) is 0. The Balaban J connectivity index is 1.27. The average Bonchev–Trinajstić information content (AvgIpc) is 3.23. The van der Waals surface area contributed by atoms with Gasteiger partial charge in [0.25, 0.3) is 0 Å². The van der Waals surface area contributed by atoms with E-state index < -0.39 is 0 Å². The molecule has 1 aromatic carbocycles. The second-order valence-electron chi connectivity index (χ2n) is 7.85. The Labute approximate surface area is 180 Å². The van der Waals surface area contributed by atoms with Crippen molar-refractivity contribution in [3.05, 3.63) is 90.0 Å². The quantitative estimate of drug-likeness (QED) is 0.717. The number of benzene rings is 1. The van der Waals surface area contributed by atoms with Crippen molar-refractivity contribution < 1.29 is 4.74 Å². The molecule has 0 spiro atoms. The SMILES string of the molecule is C1=CCNC(c2cnc3ccc(C4=CN=C4c4ccc(N5CCOCC5)cc4)cn23)=C1. The molecular formula is C25H23N5O. The largest absolute Gasteiger partial charge is 0.380 e. The molecule has 0 atom stereocenters. The molecule has 1 fully saturated rings. The fourth-order valence-corrected chi connectivity index (χ4v) is 4.26. The summed E-state index contributed by atoms with van der Waals surface area (Å²) in [7, 11) is 0. The van der Waals surface area contributed by atoms with Gasteiger partial charge in [-0.15, -0.1) is 0 Å². The molecule has 6 nitrogen and oxygen atoms in total. The molecular weight excluding hydrogens is 386 g/mol. The topological polar surface area (TPSA) is 54.2 Å². The molecule has 154 valence electrons. The van der Waals surface area contributed by atoms with Crippen molar-refractivity contribution in [2.45, 2.75) is 0 Å². The smallest absolute Gasteiger partial charge is 0.137 e. The number of hydrogen-bond acceptors (Lipinski definition) is 5. The van der Waals surface area contributed by atoms with Gasteiger partial charge in [0.15, 0.2) is 0 Å². The number of morpholine rings is 1. The zero-order valence-corrected chi connectivity index (χ0v) is 17.2. The van der Waals surface area contributed by atoms with Gasteiger partial charge in [0.2, 0.25) is 0 Å². The third-order valence-electron chi connectivity index (χ3n) is 6.00. The molecule has 6 rings (SSSR count). The van der Waals surface area contributed by atoms with Gasteiger partial charge in [0, 0.05) is 54.4 Å². The second-order valence-corrected chi connectivity index (χ2v) is 7.85. The number of anilines is 1. The molecule has 5 heterocycles. The zero-order chi connectivity index (χ0) is 20.6. The zero-order valence-electron chi connectivity index (χ0n) is 17.2. The summed E-state index contributed by atoms with van der Waals surface area (Å²) in [6, 6.07) is 12.9. The van der Waals surface area contributed by atoms with Crippen LogP contribution in [0.4, 0.5) is 5.69 Å². The second kappa shape index (κ2) is 7.56. The van der Waals surface area contributed by atoms with Gasteiger partial charge in [0.1, 0.15) is 5.65 Å². The molecule has 31 heavy (non-hydrogen) atoms. The number of pyridine rings is 1. The van der Waals surface area contributed by atoms with E-state index >= 15 is 0 Å². The fourth-order valence-electron chi connectivity index (χ4n) is 4.26. The van der Waals surface area contributed by atoms with E-state index in [-0.39, 0.29) is 0 Å². The molecule has 1 N–H and O–H groups in total. The highest BCUT2D eigenvalue weighted by Crippen LogP contribution is 2.29. The maximum absolute atomic E-state index is 5.46. The Bertz CT molecular complexity index is 1260. The molecule has 0 aliphatic carbocycles. The molecule has 0 unspecified atom stereocenters. The van der Waals surface area contributed by atoms with Crippen molar-refractivity contribution >= 4 is 28.3 Å². The van der Waals surface area contributed by atoms with Crippen LogP contribution in [0, 0.1) is 0 Å². The number of ether oxygens (including phenoxy) is 1. The Morgan fingerprint density at radius 1 is 0.968 bits per heavy atom. The summed E-state index contributed by atoms with van der Waals surface area (Å²) in [4.78, 5) is 11.5. The summed E-state index contributed by atoms with van der Waals surface area (Å²) in [5.41, 5.74) is 8.80. The summed E-state index contributed by atoms with van der Waals surface area (Å²) >= 11 is 0. The van der Waals surface area contributed by atoms with E-state index in [1.165, 1.54) is 5.69 Å². The Hall–Kier alpha value is -3.64. The molecule has 1 saturated heterocycles. The molecule has 3 aromatic rings. The monoisotopic (exact) mass is 409 g/mol. The summed E-state index contributed by atoms with van der Waals surface area (Å²) in [6.07, 6.45) is 12.3. The number of nitrogens with zero attached hydrogens (tertiary/aromatic N) is 4. The molecule has 0 amide bonds. The minimum absolute atomic E-state index is 0.794.